The van der Waals surface area contributed by atoms with Crippen molar-refractivity contribution in [2.75, 3.05) is 13.6 Å². The lowest BCUT2D eigenvalue weighted by atomic mass is 10.2. The van der Waals surface area contributed by atoms with Crippen molar-refractivity contribution in [2.24, 2.45) is 5.92 Å². The van der Waals surface area contributed by atoms with Crippen LogP contribution < -0.4 is 0 Å². The number of hydrogen-bond acceptors (Lipinski definition) is 4. The Morgan fingerprint density at radius 2 is 2.00 bits per heavy atom. The van der Waals surface area contributed by atoms with Crippen molar-refractivity contribution in [1.29, 1.82) is 0 Å². The zero-order chi connectivity index (χ0) is 15.4. The second kappa shape index (κ2) is 6.49. The molecule has 1 aromatic heterocycles. The van der Waals surface area contributed by atoms with Gasteiger partial charge in [0, 0.05) is 19.2 Å². The zero-order valence-corrected chi connectivity index (χ0v) is 12.6. The average molecular weight is 304 g/mol. The summed E-state index contributed by atoms with van der Waals surface area (Å²) in [5, 5.41) is 9.66. The second-order valence-electron chi connectivity index (χ2n) is 4.82. The molecule has 0 saturated heterocycles. The first-order valence-electron chi connectivity index (χ1n) is 6.48. The molecule has 0 aliphatic carbocycles. The molecule has 110 valence electrons. The van der Waals surface area contributed by atoms with Gasteiger partial charge in [-0.25, -0.2) is 4.98 Å². The third kappa shape index (κ3) is 3.66. The molecule has 1 unspecified atom stereocenters. The summed E-state index contributed by atoms with van der Waals surface area (Å²) in [4.78, 5) is 29.3. The third-order valence-electron chi connectivity index (χ3n) is 3.05. The van der Waals surface area contributed by atoms with Gasteiger partial charge in [0.1, 0.15) is 9.88 Å². The first-order valence-corrected chi connectivity index (χ1v) is 7.30. The molecule has 0 bridgehead atoms. The van der Waals surface area contributed by atoms with Gasteiger partial charge in [-0.1, -0.05) is 37.3 Å². The predicted molar refractivity (Wildman–Crippen MR) is 81.3 cm³/mol. The lowest BCUT2D eigenvalue weighted by Gasteiger charge is -2.18. The minimum atomic E-state index is -0.913. The molecule has 0 spiro atoms. The fourth-order valence-electron chi connectivity index (χ4n) is 1.85. The molecule has 0 radical (unpaired) electrons. The maximum atomic E-state index is 12.3. The number of carboxylic acids is 1. The Bertz CT molecular complexity index is 639. The molecule has 21 heavy (non-hydrogen) atoms. The molecular formula is C15H16N2O3S. The van der Waals surface area contributed by atoms with E-state index in [1.54, 1.807) is 14.0 Å². The van der Waals surface area contributed by atoms with Crippen LogP contribution in [0.4, 0.5) is 0 Å². The standard InChI is InChI=1S/C15H16N2O3S/c1-10(15(19)20)9-17(2)14(18)12-8-16-13(21-12)11-6-4-3-5-7-11/h3-8,10H,9H2,1-2H3,(H,19,20). The molecule has 0 fully saturated rings. The van der Waals surface area contributed by atoms with Crippen LogP contribution in [-0.2, 0) is 4.79 Å². The maximum Gasteiger partial charge on any atom is 0.308 e. The van der Waals surface area contributed by atoms with Gasteiger partial charge in [-0.2, -0.15) is 0 Å². The number of thiazole rings is 1. The molecule has 5 nitrogen and oxygen atoms in total. The fourth-order valence-corrected chi connectivity index (χ4v) is 2.76. The van der Waals surface area contributed by atoms with E-state index in [1.807, 2.05) is 30.3 Å². The highest BCUT2D eigenvalue weighted by atomic mass is 32.1. The summed E-state index contributed by atoms with van der Waals surface area (Å²) < 4.78 is 0. The Balaban J connectivity index is 2.10. The minimum Gasteiger partial charge on any atom is -0.481 e. The number of nitrogens with zero attached hydrogens (tertiary/aromatic N) is 2. The number of carbonyl (C=O) groups is 2. The SMILES string of the molecule is CC(CN(C)C(=O)c1cnc(-c2ccccc2)s1)C(=O)O. The van der Waals surface area contributed by atoms with Gasteiger partial charge in [0.05, 0.1) is 12.1 Å². The van der Waals surface area contributed by atoms with Crippen LogP contribution in [0.15, 0.2) is 36.5 Å². The third-order valence-corrected chi connectivity index (χ3v) is 4.09. The van der Waals surface area contributed by atoms with Crippen LogP contribution in [0, 0.1) is 5.92 Å². The van der Waals surface area contributed by atoms with Crippen molar-refractivity contribution in [1.82, 2.24) is 9.88 Å². The first kappa shape index (κ1) is 15.2. The molecule has 2 rings (SSSR count). The van der Waals surface area contributed by atoms with Gasteiger partial charge in [-0.05, 0) is 0 Å². The van der Waals surface area contributed by atoms with E-state index in [1.165, 1.54) is 22.4 Å². The number of benzene rings is 1. The van der Waals surface area contributed by atoms with Crippen LogP contribution in [0.25, 0.3) is 10.6 Å². The fraction of sp³-hybridized carbons (Fsp3) is 0.267. The quantitative estimate of drug-likeness (QED) is 0.921. The monoisotopic (exact) mass is 304 g/mol. The van der Waals surface area contributed by atoms with Gasteiger partial charge >= 0.3 is 5.97 Å². The van der Waals surface area contributed by atoms with Gasteiger partial charge in [0.15, 0.2) is 0 Å². The molecular weight excluding hydrogens is 288 g/mol. The Morgan fingerprint density at radius 1 is 1.33 bits per heavy atom. The predicted octanol–water partition coefficient (Wildman–Crippen LogP) is 2.60. The number of carbonyl (C=O) groups excluding carboxylic acids is 1. The van der Waals surface area contributed by atoms with E-state index in [9.17, 15) is 9.59 Å². The molecule has 1 amide bonds. The van der Waals surface area contributed by atoms with Gasteiger partial charge in [-0.15, -0.1) is 11.3 Å². The van der Waals surface area contributed by atoms with Gasteiger partial charge < -0.3 is 10.0 Å². The van der Waals surface area contributed by atoms with Gasteiger partial charge in [0.2, 0.25) is 0 Å². The van der Waals surface area contributed by atoms with Gasteiger partial charge in [0.25, 0.3) is 5.91 Å². The molecule has 1 atom stereocenters. The molecule has 6 heteroatoms. The van der Waals surface area contributed by atoms with E-state index in [4.69, 9.17) is 5.11 Å². The van der Waals surface area contributed by atoms with E-state index in [2.05, 4.69) is 4.98 Å². The molecule has 1 aromatic carbocycles. The summed E-state index contributed by atoms with van der Waals surface area (Å²) in [6, 6.07) is 9.62. The van der Waals surface area contributed by atoms with Crippen LogP contribution in [0.5, 0.6) is 0 Å². The van der Waals surface area contributed by atoms with Crippen LogP contribution >= 0.6 is 11.3 Å². The highest BCUT2D eigenvalue weighted by Gasteiger charge is 2.20. The van der Waals surface area contributed by atoms with E-state index in [-0.39, 0.29) is 12.5 Å². The van der Waals surface area contributed by atoms with E-state index in [0.29, 0.717) is 4.88 Å². The highest BCUT2D eigenvalue weighted by molar-refractivity contribution is 7.16. The minimum absolute atomic E-state index is 0.173. The molecule has 2 aromatic rings. The second-order valence-corrected chi connectivity index (χ2v) is 5.85. The Hall–Kier alpha value is -2.21. The number of carboxylic acid groups (broad SMARTS) is 1. The summed E-state index contributed by atoms with van der Waals surface area (Å²) in [5.41, 5.74) is 0.961. The topological polar surface area (TPSA) is 70.5 Å². The summed E-state index contributed by atoms with van der Waals surface area (Å²) in [7, 11) is 1.60. The van der Waals surface area contributed by atoms with Crippen LogP contribution in [0.1, 0.15) is 16.6 Å². The Labute approximate surface area is 126 Å². The zero-order valence-electron chi connectivity index (χ0n) is 11.8. The van der Waals surface area contributed by atoms with Crippen molar-refractivity contribution in [3.05, 3.63) is 41.4 Å². The molecule has 0 saturated carbocycles. The van der Waals surface area contributed by atoms with Crippen LogP contribution in [0.2, 0.25) is 0 Å². The van der Waals surface area contributed by atoms with E-state index < -0.39 is 11.9 Å². The number of aliphatic carboxylic acids is 1. The van der Waals surface area contributed by atoms with Crippen molar-refractivity contribution >= 4 is 23.2 Å². The van der Waals surface area contributed by atoms with Crippen molar-refractivity contribution in [2.45, 2.75) is 6.92 Å². The molecule has 0 aliphatic heterocycles. The number of amides is 1. The van der Waals surface area contributed by atoms with Crippen LogP contribution in [-0.4, -0.2) is 40.5 Å². The van der Waals surface area contributed by atoms with Crippen molar-refractivity contribution in [3.63, 3.8) is 0 Å². The Kier molecular flexibility index (Phi) is 4.70. The van der Waals surface area contributed by atoms with Crippen molar-refractivity contribution < 1.29 is 14.7 Å². The first-order chi connectivity index (χ1) is 9.99. The number of rotatable bonds is 5. The summed E-state index contributed by atoms with van der Waals surface area (Å²) >= 11 is 1.31. The lowest BCUT2D eigenvalue weighted by molar-refractivity contribution is -0.141. The smallest absolute Gasteiger partial charge is 0.308 e. The molecule has 1 N–H and O–H groups in total. The van der Waals surface area contributed by atoms with E-state index >= 15 is 0 Å². The van der Waals surface area contributed by atoms with Gasteiger partial charge in [-0.3, -0.25) is 9.59 Å². The number of hydrogen-bond donors (Lipinski definition) is 1. The van der Waals surface area contributed by atoms with E-state index in [0.717, 1.165) is 10.6 Å². The summed E-state index contributed by atoms with van der Waals surface area (Å²) in [6.45, 7) is 1.75. The van der Waals surface area contributed by atoms with Crippen molar-refractivity contribution in [3.8, 4) is 10.6 Å². The summed E-state index contributed by atoms with van der Waals surface area (Å²) in [6.07, 6.45) is 1.54. The largest absolute Gasteiger partial charge is 0.481 e. The normalized spacial score (nSPS) is 11.9. The molecule has 0 aliphatic rings. The van der Waals surface area contributed by atoms with Crippen LogP contribution in [0.3, 0.4) is 0 Å². The summed E-state index contributed by atoms with van der Waals surface area (Å²) in [5.74, 6) is -1.72. The molecule has 1 heterocycles. The highest BCUT2D eigenvalue weighted by Crippen LogP contribution is 2.25. The average Bonchev–Trinajstić information content (AvgIpc) is 2.96. The number of aromatic nitrogens is 1. The Morgan fingerprint density at radius 3 is 2.62 bits per heavy atom. The maximum absolute atomic E-state index is 12.3. The lowest BCUT2D eigenvalue weighted by Crippen LogP contribution is -2.33.